The van der Waals surface area contributed by atoms with Crippen LogP contribution in [-0.2, 0) is 10.0 Å². The number of benzene rings is 1. The molecule has 0 unspecified atom stereocenters. The Hall–Kier alpha value is -1.60. The van der Waals surface area contributed by atoms with Crippen LogP contribution in [0.2, 0.25) is 0 Å². The Labute approximate surface area is 126 Å². The number of carbonyl (C=O) groups excluding carboxylic acids is 1. The number of hydrogen-bond donors (Lipinski definition) is 2. The molecule has 0 heterocycles. The first-order chi connectivity index (χ1) is 9.77. The van der Waals surface area contributed by atoms with Crippen LogP contribution in [0.1, 0.15) is 22.8 Å². The average molecular weight is 313 g/mol. The van der Waals surface area contributed by atoms with Gasteiger partial charge in [0.25, 0.3) is 5.91 Å². The predicted molar refractivity (Wildman–Crippen MR) is 85.1 cm³/mol. The summed E-state index contributed by atoms with van der Waals surface area (Å²) in [5.74, 6) is -0.379. The van der Waals surface area contributed by atoms with Crippen LogP contribution in [0.4, 0.5) is 5.69 Å². The molecule has 1 amide bonds. The van der Waals surface area contributed by atoms with Crippen LogP contribution >= 0.6 is 0 Å². The molecular formula is C14H23N3O3S. The molecule has 0 aliphatic carbocycles. The van der Waals surface area contributed by atoms with E-state index in [1.54, 1.807) is 12.1 Å². The maximum Gasteiger partial charge on any atom is 0.251 e. The van der Waals surface area contributed by atoms with Crippen LogP contribution in [0, 0.1) is 6.92 Å². The van der Waals surface area contributed by atoms with Crippen LogP contribution < -0.4 is 10.6 Å². The number of aryl methyl sites for hydroxylation is 1. The molecule has 1 aromatic carbocycles. The van der Waals surface area contributed by atoms with Gasteiger partial charge in [-0.1, -0.05) is 0 Å². The Balaban J connectivity index is 2.63. The Kier molecular flexibility index (Phi) is 6.17. The molecule has 0 spiro atoms. The summed E-state index contributed by atoms with van der Waals surface area (Å²) in [7, 11) is -0.345. The lowest BCUT2D eigenvalue weighted by Crippen LogP contribution is -2.33. The van der Waals surface area contributed by atoms with E-state index in [-0.39, 0.29) is 18.2 Å². The quantitative estimate of drug-likeness (QED) is 0.788. The largest absolute Gasteiger partial charge is 0.385 e. The minimum atomic E-state index is -3.29. The minimum Gasteiger partial charge on any atom is -0.385 e. The normalized spacial score (nSPS) is 11.5. The lowest BCUT2D eigenvalue weighted by atomic mass is 10.1. The number of nitrogens with one attached hydrogen (secondary N) is 2. The van der Waals surface area contributed by atoms with E-state index in [0.717, 1.165) is 22.1 Å². The van der Waals surface area contributed by atoms with Gasteiger partial charge in [0.15, 0.2) is 0 Å². The number of anilines is 1. The van der Waals surface area contributed by atoms with Gasteiger partial charge in [-0.2, -0.15) is 0 Å². The molecule has 0 radical (unpaired) electrons. The van der Waals surface area contributed by atoms with Crippen molar-refractivity contribution in [1.82, 2.24) is 9.62 Å². The van der Waals surface area contributed by atoms with Gasteiger partial charge in [-0.25, -0.2) is 12.7 Å². The minimum absolute atomic E-state index is 0.0906. The summed E-state index contributed by atoms with van der Waals surface area (Å²) < 4.78 is 24.3. The number of amides is 1. The van der Waals surface area contributed by atoms with Crippen molar-refractivity contribution in [2.45, 2.75) is 13.8 Å². The number of carbonyl (C=O) groups is 1. The van der Waals surface area contributed by atoms with Gasteiger partial charge in [0.2, 0.25) is 10.0 Å². The molecular weight excluding hydrogens is 290 g/mol. The van der Waals surface area contributed by atoms with E-state index in [4.69, 9.17) is 0 Å². The highest BCUT2D eigenvalue weighted by molar-refractivity contribution is 7.89. The molecule has 0 aromatic heterocycles. The zero-order valence-corrected chi connectivity index (χ0v) is 13.8. The van der Waals surface area contributed by atoms with Gasteiger partial charge in [0.05, 0.1) is 5.75 Å². The van der Waals surface area contributed by atoms with Crippen LogP contribution in [0.15, 0.2) is 18.2 Å². The topological polar surface area (TPSA) is 78.5 Å². The second kappa shape index (κ2) is 7.42. The smallest absolute Gasteiger partial charge is 0.251 e. The monoisotopic (exact) mass is 313 g/mol. The average Bonchev–Trinajstić information content (AvgIpc) is 2.40. The SMILES string of the molecule is CCNc1ccc(C(=O)NCCS(=O)(=O)N(C)C)cc1C. The first-order valence-electron chi connectivity index (χ1n) is 6.81. The fourth-order valence-corrected chi connectivity index (χ4v) is 2.50. The number of nitrogens with zero attached hydrogens (tertiary/aromatic N) is 1. The third-order valence-electron chi connectivity index (χ3n) is 3.06. The summed E-state index contributed by atoms with van der Waals surface area (Å²) in [6.07, 6.45) is 0. The van der Waals surface area contributed by atoms with E-state index in [1.807, 2.05) is 19.9 Å². The van der Waals surface area contributed by atoms with Crippen LogP contribution in [0.3, 0.4) is 0 Å². The van der Waals surface area contributed by atoms with Crippen molar-refractivity contribution >= 4 is 21.6 Å². The van der Waals surface area contributed by atoms with Gasteiger partial charge in [-0.3, -0.25) is 4.79 Å². The van der Waals surface area contributed by atoms with Gasteiger partial charge in [-0.05, 0) is 37.6 Å². The molecule has 0 saturated carbocycles. The van der Waals surface area contributed by atoms with E-state index >= 15 is 0 Å². The standard InChI is InChI=1S/C14H23N3O3S/c1-5-15-13-7-6-12(10-11(13)2)14(18)16-8-9-21(19,20)17(3)4/h6-7,10,15H,5,8-9H2,1-4H3,(H,16,18). The van der Waals surface area contributed by atoms with Crippen molar-refractivity contribution < 1.29 is 13.2 Å². The fraction of sp³-hybridized carbons (Fsp3) is 0.500. The first kappa shape index (κ1) is 17.5. The lowest BCUT2D eigenvalue weighted by molar-refractivity contribution is 0.0956. The Morgan fingerprint density at radius 1 is 1.29 bits per heavy atom. The van der Waals surface area contributed by atoms with E-state index in [9.17, 15) is 13.2 Å². The summed E-state index contributed by atoms with van der Waals surface area (Å²) in [5, 5.41) is 5.82. The molecule has 2 N–H and O–H groups in total. The summed E-state index contributed by atoms with van der Waals surface area (Å²) in [4.78, 5) is 12.0. The number of sulfonamides is 1. The Morgan fingerprint density at radius 3 is 2.48 bits per heavy atom. The lowest BCUT2D eigenvalue weighted by Gasteiger charge is -2.12. The second-order valence-corrected chi connectivity index (χ2v) is 7.22. The molecule has 118 valence electrons. The molecule has 0 atom stereocenters. The molecule has 0 aliphatic heterocycles. The third-order valence-corrected chi connectivity index (χ3v) is 4.89. The molecule has 21 heavy (non-hydrogen) atoms. The predicted octanol–water partition coefficient (Wildman–Crippen LogP) is 1.05. The summed E-state index contributed by atoms with van der Waals surface area (Å²) in [5.41, 5.74) is 2.49. The zero-order chi connectivity index (χ0) is 16.0. The van der Waals surface area contributed by atoms with Crippen molar-refractivity contribution in [3.63, 3.8) is 0 Å². The first-order valence-corrected chi connectivity index (χ1v) is 8.41. The van der Waals surface area contributed by atoms with Crippen molar-refractivity contribution in [2.24, 2.45) is 0 Å². The van der Waals surface area contributed by atoms with Crippen molar-refractivity contribution in [3.8, 4) is 0 Å². The maximum atomic E-state index is 12.0. The summed E-state index contributed by atoms with van der Waals surface area (Å²) >= 11 is 0. The van der Waals surface area contributed by atoms with E-state index in [1.165, 1.54) is 14.1 Å². The molecule has 7 heteroatoms. The van der Waals surface area contributed by atoms with Crippen molar-refractivity contribution in [3.05, 3.63) is 29.3 Å². The fourth-order valence-electron chi connectivity index (χ4n) is 1.77. The molecule has 0 bridgehead atoms. The molecule has 6 nitrogen and oxygen atoms in total. The summed E-state index contributed by atoms with van der Waals surface area (Å²) in [6, 6.07) is 5.36. The summed E-state index contributed by atoms with van der Waals surface area (Å²) in [6.45, 7) is 4.83. The van der Waals surface area contributed by atoms with Crippen LogP contribution in [0.5, 0.6) is 0 Å². The highest BCUT2D eigenvalue weighted by Crippen LogP contribution is 2.16. The highest BCUT2D eigenvalue weighted by atomic mass is 32.2. The third kappa shape index (κ3) is 5.02. The maximum absolute atomic E-state index is 12.0. The van der Waals surface area contributed by atoms with Gasteiger partial charge >= 0.3 is 0 Å². The molecule has 0 fully saturated rings. The van der Waals surface area contributed by atoms with Gasteiger partial charge in [0.1, 0.15) is 0 Å². The highest BCUT2D eigenvalue weighted by Gasteiger charge is 2.14. The second-order valence-electron chi connectivity index (χ2n) is 4.91. The molecule has 1 rings (SSSR count). The van der Waals surface area contributed by atoms with Crippen molar-refractivity contribution in [2.75, 3.05) is 38.3 Å². The molecule has 0 aliphatic rings. The van der Waals surface area contributed by atoms with Crippen LogP contribution in [0.25, 0.3) is 0 Å². The van der Waals surface area contributed by atoms with Crippen molar-refractivity contribution in [1.29, 1.82) is 0 Å². The molecule has 0 saturated heterocycles. The Bertz CT molecular complexity index is 597. The van der Waals surface area contributed by atoms with Gasteiger partial charge < -0.3 is 10.6 Å². The number of hydrogen-bond acceptors (Lipinski definition) is 4. The van der Waals surface area contributed by atoms with Gasteiger partial charge in [0, 0.05) is 38.4 Å². The van der Waals surface area contributed by atoms with E-state index in [2.05, 4.69) is 10.6 Å². The zero-order valence-electron chi connectivity index (χ0n) is 12.9. The number of rotatable bonds is 7. The Morgan fingerprint density at radius 2 is 1.95 bits per heavy atom. The van der Waals surface area contributed by atoms with Gasteiger partial charge in [-0.15, -0.1) is 0 Å². The van der Waals surface area contributed by atoms with E-state index < -0.39 is 10.0 Å². The van der Waals surface area contributed by atoms with E-state index in [0.29, 0.717) is 5.56 Å². The molecule has 1 aromatic rings. The van der Waals surface area contributed by atoms with Crippen LogP contribution in [-0.4, -0.2) is 51.6 Å².